The topological polar surface area (TPSA) is 93.2 Å². The van der Waals surface area contributed by atoms with E-state index >= 15 is 0 Å². The van der Waals surface area contributed by atoms with Crippen LogP contribution in [0.3, 0.4) is 0 Å². The number of rotatable bonds is 5. The summed E-state index contributed by atoms with van der Waals surface area (Å²) in [4.78, 5) is 29.4. The van der Waals surface area contributed by atoms with Crippen LogP contribution in [0.15, 0.2) is 87.5 Å². The molecule has 0 bridgehead atoms. The quantitative estimate of drug-likeness (QED) is 0.483. The summed E-state index contributed by atoms with van der Waals surface area (Å²) in [6.45, 7) is 0.659. The maximum atomic E-state index is 13.2. The molecule has 5 rings (SSSR count). The average Bonchev–Trinajstić information content (AvgIpc) is 2.90. The molecular weight excluding hydrogens is 488 g/mol. The van der Waals surface area contributed by atoms with Gasteiger partial charge in [-0.05, 0) is 42.5 Å². The summed E-state index contributed by atoms with van der Waals surface area (Å²) >= 11 is 1.57. The summed E-state index contributed by atoms with van der Waals surface area (Å²) in [5.74, 6) is -1.18. The lowest BCUT2D eigenvalue weighted by molar-refractivity contribution is -0.121. The van der Waals surface area contributed by atoms with E-state index in [0.29, 0.717) is 13.2 Å². The van der Waals surface area contributed by atoms with Gasteiger partial charge in [0.2, 0.25) is 10.0 Å². The second kappa shape index (κ2) is 9.82. The van der Waals surface area contributed by atoms with Crippen molar-refractivity contribution in [1.82, 2.24) is 4.31 Å². The predicted molar refractivity (Wildman–Crippen MR) is 130 cm³/mol. The normalized spacial score (nSPS) is 15.7. The first kappa shape index (κ1) is 23.6. The van der Waals surface area contributed by atoms with E-state index in [1.807, 2.05) is 48.5 Å². The SMILES string of the molecule is O=C(OCC(=O)N1c2ccccc2Sc2ccccc21)c1cccc(S(=O)(=O)N2CCOCC2)c1. The minimum atomic E-state index is -3.77. The number of carbonyl (C=O) groups is 2. The zero-order valence-electron chi connectivity index (χ0n) is 18.6. The Kier molecular flexibility index (Phi) is 6.61. The summed E-state index contributed by atoms with van der Waals surface area (Å²) < 4.78 is 37.7. The minimum absolute atomic E-state index is 0.00362. The zero-order chi connectivity index (χ0) is 24.4. The molecule has 0 aromatic heterocycles. The molecule has 2 heterocycles. The fourth-order valence-corrected chi connectivity index (χ4v) is 6.48. The molecule has 0 unspecified atom stereocenters. The molecule has 1 amide bonds. The molecule has 0 radical (unpaired) electrons. The first-order valence-electron chi connectivity index (χ1n) is 11.0. The second-order valence-corrected chi connectivity index (χ2v) is 10.9. The molecular formula is C25H22N2O6S2. The van der Waals surface area contributed by atoms with Gasteiger partial charge in [0.05, 0.1) is 35.0 Å². The van der Waals surface area contributed by atoms with Gasteiger partial charge in [-0.3, -0.25) is 9.69 Å². The maximum Gasteiger partial charge on any atom is 0.338 e. The van der Waals surface area contributed by atoms with Crippen molar-refractivity contribution < 1.29 is 27.5 Å². The van der Waals surface area contributed by atoms with Crippen molar-refractivity contribution in [2.45, 2.75) is 14.7 Å². The average molecular weight is 511 g/mol. The second-order valence-electron chi connectivity index (χ2n) is 7.89. The first-order chi connectivity index (χ1) is 16.9. The fraction of sp³-hybridized carbons (Fsp3) is 0.200. The third-order valence-electron chi connectivity index (χ3n) is 5.69. The molecule has 0 spiro atoms. The molecule has 0 aliphatic carbocycles. The van der Waals surface area contributed by atoms with Crippen LogP contribution in [-0.2, 0) is 24.3 Å². The van der Waals surface area contributed by atoms with E-state index in [1.54, 1.807) is 16.7 Å². The molecule has 3 aromatic carbocycles. The van der Waals surface area contributed by atoms with E-state index in [0.717, 1.165) is 21.2 Å². The van der Waals surface area contributed by atoms with Crippen molar-refractivity contribution in [3.63, 3.8) is 0 Å². The highest BCUT2D eigenvalue weighted by atomic mass is 32.2. The standard InChI is InChI=1S/C25H22N2O6S2/c28-24(27-20-8-1-3-10-22(20)34-23-11-4-2-9-21(23)27)17-33-25(29)18-6-5-7-19(16-18)35(30,31)26-12-14-32-15-13-26/h1-11,16H,12-15,17H2. The first-order valence-corrected chi connectivity index (χ1v) is 13.2. The molecule has 1 saturated heterocycles. The van der Waals surface area contributed by atoms with Gasteiger partial charge in [0.15, 0.2) is 6.61 Å². The summed E-state index contributed by atoms with van der Waals surface area (Å²) in [6, 6.07) is 20.7. The van der Waals surface area contributed by atoms with Crippen LogP contribution in [0.25, 0.3) is 0 Å². The number of anilines is 2. The summed E-state index contributed by atoms with van der Waals surface area (Å²) in [5.41, 5.74) is 1.49. The van der Waals surface area contributed by atoms with Crippen LogP contribution in [0.4, 0.5) is 11.4 Å². The molecule has 3 aromatic rings. The number of ether oxygens (including phenoxy) is 2. The number of amides is 1. The monoisotopic (exact) mass is 510 g/mol. The van der Waals surface area contributed by atoms with Gasteiger partial charge < -0.3 is 9.47 Å². The smallest absolute Gasteiger partial charge is 0.338 e. The lowest BCUT2D eigenvalue weighted by Gasteiger charge is -2.30. The minimum Gasteiger partial charge on any atom is -0.452 e. The molecule has 0 N–H and O–H groups in total. The van der Waals surface area contributed by atoms with Crippen LogP contribution < -0.4 is 4.90 Å². The number of para-hydroxylation sites is 2. The van der Waals surface area contributed by atoms with Gasteiger partial charge in [0.25, 0.3) is 5.91 Å². The Labute approximate surface area is 207 Å². The fourth-order valence-electron chi connectivity index (χ4n) is 3.97. The number of hydrogen-bond donors (Lipinski definition) is 0. The Balaban J connectivity index is 1.33. The zero-order valence-corrected chi connectivity index (χ0v) is 20.3. The van der Waals surface area contributed by atoms with Gasteiger partial charge >= 0.3 is 5.97 Å². The number of hydrogen-bond acceptors (Lipinski definition) is 7. The molecule has 180 valence electrons. The highest BCUT2D eigenvalue weighted by Gasteiger charge is 2.29. The van der Waals surface area contributed by atoms with Crippen LogP contribution in [-0.4, -0.2) is 57.5 Å². The molecule has 1 fully saturated rings. The van der Waals surface area contributed by atoms with E-state index in [2.05, 4.69) is 0 Å². The number of sulfonamides is 1. The van der Waals surface area contributed by atoms with Gasteiger partial charge in [0.1, 0.15) is 0 Å². The van der Waals surface area contributed by atoms with Gasteiger partial charge in [0, 0.05) is 22.9 Å². The molecule has 8 nitrogen and oxygen atoms in total. The molecule has 10 heteroatoms. The summed E-state index contributed by atoms with van der Waals surface area (Å²) in [6.07, 6.45) is 0. The summed E-state index contributed by atoms with van der Waals surface area (Å²) in [7, 11) is -3.77. The van der Waals surface area contributed by atoms with E-state index in [9.17, 15) is 18.0 Å². The van der Waals surface area contributed by atoms with Crippen molar-refractivity contribution in [2.75, 3.05) is 37.8 Å². The van der Waals surface area contributed by atoms with E-state index in [-0.39, 0.29) is 23.5 Å². The molecule has 2 aliphatic rings. The Morgan fingerprint density at radius 2 is 1.51 bits per heavy atom. The van der Waals surface area contributed by atoms with Gasteiger partial charge in [-0.25, -0.2) is 13.2 Å². The number of carbonyl (C=O) groups excluding carboxylic acids is 2. The third-order valence-corrected chi connectivity index (χ3v) is 8.71. The van der Waals surface area contributed by atoms with Crippen molar-refractivity contribution in [2.24, 2.45) is 0 Å². The van der Waals surface area contributed by atoms with Crippen molar-refractivity contribution in [3.05, 3.63) is 78.4 Å². The molecule has 0 atom stereocenters. The lowest BCUT2D eigenvalue weighted by atomic mass is 10.2. The maximum absolute atomic E-state index is 13.2. The number of benzene rings is 3. The Morgan fingerprint density at radius 1 is 0.886 bits per heavy atom. The third kappa shape index (κ3) is 4.70. The van der Waals surface area contributed by atoms with Crippen LogP contribution in [0.1, 0.15) is 10.4 Å². The van der Waals surface area contributed by atoms with Crippen LogP contribution in [0, 0.1) is 0 Å². The van der Waals surface area contributed by atoms with E-state index < -0.39 is 28.5 Å². The Bertz CT molecular complexity index is 1340. The molecule has 2 aliphatic heterocycles. The lowest BCUT2D eigenvalue weighted by Crippen LogP contribution is -2.40. The van der Waals surface area contributed by atoms with E-state index in [4.69, 9.17) is 9.47 Å². The van der Waals surface area contributed by atoms with Gasteiger partial charge in [-0.1, -0.05) is 42.1 Å². The van der Waals surface area contributed by atoms with Crippen molar-refractivity contribution >= 4 is 45.0 Å². The summed E-state index contributed by atoms with van der Waals surface area (Å²) in [5, 5.41) is 0. The van der Waals surface area contributed by atoms with Crippen molar-refractivity contribution in [1.29, 1.82) is 0 Å². The number of esters is 1. The van der Waals surface area contributed by atoms with Crippen LogP contribution in [0.5, 0.6) is 0 Å². The van der Waals surface area contributed by atoms with Crippen LogP contribution in [0.2, 0.25) is 0 Å². The van der Waals surface area contributed by atoms with Crippen LogP contribution >= 0.6 is 11.8 Å². The Hall–Kier alpha value is -3.18. The van der Waals surface area contributed by atoms with E-state index in [1.165, 1.54) is 28.6 Å². The Morgan fingerprint density at radius 3 is 2.17 bits per heavy atom. The molecule has 35 heavy (non-hydrogen) atoms. The number of nitrogens with zero attached hydrogens (tertiary/aromatic N) is 2. The van der Waals surface area contributed by atoms with Crippen molar-refractivity contribution in [3.8, 4) is 0 Å². The predicted octanol–water partition coefficient (Wildman–Crippen LogP) is 3.69. The highest BCUT2D eigenvalue weighted by molar-refractivity contribution is 7.99. The van der Waals surface area contributed by atoms with Gasteiger partial charge in [-0.15, -0.1) is 0 Å². The molecule has 0 saturated carbocycles. The largest absolute Gasteiger partial charge is 0.452 e. The van der Waals surface area contributed by atoms with Gasteiger partial charge in [-0.2, -0.15) is 4.31 Å². The number of fused-ring (bicyclic) bond motifs is 2. The number of morpholine rings is 1. The highest BCUT2D eigenvalue weighted by Crippen LogP contribution is 2.47.